The van der Waals surface area contributed by atoms with Crippen molar-refractivity contribution in [3.05, 3.63) is 205 Å². The third-order valence-corrected chi connectivity index (χ3v) is 15.4. The molecular formula is C61H38OS. The van der Waals surface area contributed by atoms with Gasteiger partial charge in [0.2, 0.25) is 0 Å². The van der Waals surface area contributed by atoms with Crippen LogP contribution < -0.4 is 0 Å². The molecule has 0 saturated carbocycles. The Morgan fingerprint density at radius 1 is 0.381 bits per heavy atom. The average Bonchev–Trinajstić information content (AvgIpc) is 3.98. The highest BCUT2D eigenvalue weighted by atomic mass is 32.1. The van der Waals surface area contributed by atoms with Crippen LogP contribution in [0.3, 0.4) is 0 Å². The van der Waals surface area contributed by atoms with Crippen molar-refractivity contribution in [1.29, 1.82) is 0 Å². The minimum Gasteiger partial charge on any atom is -0.455 e. The summed E-state index contributed by atoms with van der Waals surface area (Å²) in [6, 6.07) is 72.3. The van der Waals surface area contributed by atoms with E-state index in [2.05, 4.69) is 208 Å². The Morgan fingerprint density at radius 2 is 0.952 bits per heavy atom. The third-order valence-electron chi connectivity index (χ3n) is 14.2. The van der Waals surface area contributed by atoms with E-state index in [1.54, 1.807) is 0 Å². The maximum atomic E-state index is 6.68. The molecule has 2 heterocycles. The lowest BCUT2D eigenvalue weighted by molar-refractivity contribution is 0.660. The normalized spacial score (nSPS) is 13.4. The number of thiophene rings is 1. The van der Waals surface area contributed by atoms with E-state index < -0.39 is 0 Å². The van der Waals surface area contributed by atoms with Crippen molar-refractivity contribution in [3.8, 4) is 44.5 Å². The van der Waals surface area contributed by atoms with E-state index >= 15 is 0 Å². The van der Waals surface area contributed by atoms with E-state index in [1.807, 2.05) is 11.3 Å². The minimum absolute atomic E-state index is 0.156. The second-order valence-electron chi connectivity index (χ2n) is 17.9. The third kappa shape index (κ3) is 4.87. The van der Waals surface area contributed by atoms with Gasteiger partial charge in [-0.15, -0.1) is 11.3 Å². The van der Waals surface area contributed by atoms with Crippen LogP contribution in [-0.2, 0) is 5.41 Å². The zero-order valence-corrected chi connectivity index (χ0v) is 35.6. The van der Waals surface area contributed by atoms with E-state index in [4.69, 9.17) is 4.42 Å². The van der Waals surface area contributed by atoms with Crippen molar-refractivity contribution in [1.82, 2.24) is 0 Å². The van der Waals surface area contributed by atoms with Gasteiger partial charge in [0.05, 0.1) is 0 Å². The highest BCUT2D eigenvalue weighted by Gasteiger charge is 2.36. The van der Waals surface area contributed by atoms with Crippen LogP contribution in [0.25, 0.3) is 130 Å². The molecule has 1 aliphatic carbocycles. The van der Waals surface area contributed by atoms with Crippen molar-refractivity contribution in [3.63, 3.8) is 0 Å². The first-order valence-corrected chi connectivity index (χ1v) is 22.7. The quantitative estimate of drug-likeness (QED) is 0.162. The fourth-order valence-electron chi connectivity index (χ4n) is 11.3. The standard InChI is InChI=1S/C61H38OS/c1-61(2)51-30-27-40(56-44-17-7-5-15-42(44)55(43-16-6-8-18-45(43)56)39-24-23-35-13-3-4-14-36(35)31-39)32-50(51)41-28-25-37(33-52(41)61)38-26-29-49-54(34-38)63-60-47-20-10-9-19-46(47)57-48-21-11-12-22-53(48)62-59(57)58(49)60/h3-34H,1-2H3. The van der Waals surface area contributed by atoms with E-state index in [0.717, 1.165) is 11.2 Å². The van der Waals surface area contributed by atoms with Gasteiger partial charge in [0.15, 0.2) is 0 Å². The Labute approximate surface area is 368 Å². The van der Waals surface area contributed by atoms with Crippen molar-refractivity contribution in [2.24, 2.45) is 0 Å². The number of rotatable bonds is 3. The first kappa shape index (κ1) is 35.1. The Hall–Kier alpha value is -7.52. The molecule has 0 bridgehead atoms. The molecule has 0 fully saturated rings. The van der Waals surface area contributed by atoms with Crippen LogP contribution in [0.4, 0.5) is 0 Å². The maximum absolute atomic E-state index is 6.68. The summed E-state index contributed by atoms with van der Waals surface area (Å²) in [5, 5.41) is 15.0. The van der Waals surface area contributed by atoms with Crippen LogP contribution in [0.1, 0.15) is 25.0 Å². The van der Waals surface area contributed by atoms with Crippen molar-refractivity contribution in [2.75, 3.05) is 0 Å². The summed E-state index contributed by atoms with van der Waals surface area (Å²) < 4.78 is 9.24. The Morgan fingerprint density at radius 3 is 1.70 bits per heavy atom. The molecule has 13 aromatic rings. The number of fused-ring (bicyclic) bond motifs is 16. The van der Waals surface area contributed by atoms with Crippen LogP contribution in [0.2, 0.25) is 0 Å². The SMILES string of the molecule is CC1(C)c2ccc(-c3c4ccccc4c(-c4ccc5ccccc5c4)c4ccccc34)cc2-c2ccc(-c3ccc4c(c3)sc3c5ccccc5c5c6ccccc6oc5c43)cc21. The lowest BCUT2D eigenvalue weighted by Crippen LogP contribution is -2.15. The molecule has 0 N–H and O–H groups in total. The largest absolute Gasteiger partial charge is 0.455 e. The van der Waals surface area contributed by atoms with Gasteiger partial charge in [-0.05, 0) is 124 Å². The summed E-state index contributed by atoms with van der Waals surface area (Å²) in [7, 11) is 0. The number of para-hydroxylation sites is 1. The summed E-state index contributed by atoms with van der Waals surface area (Å²) in [5.74, 6) is 0. The van der Waals surface area contributed by atoms with Crippen LogP contribution in [-0.4, -0.2) is 0 Å². The van der Waals surface area contributed by atoms with E-state index in [0.29, 0.717) is 0 Å². The summed E-state index contributed by atoms with van der Waals surface area (Å²) in [6.45, 7) is 4.78. The molecular weight excluding hydrogens is 781 g/mol. The predicted molar refractivity (Wildman–Crippen MR) is 271 cm³/mol. The number of hydrogen-bond donors (Lipinski definition) is 0. The lowest BCUT2D eigenvalue weighted by Gasteiger charge is -2.22. The summed E-state index contributed by atoms with van der Waals surface area (Å²) in [5.41, 5.74) is 14.7. The van der Waals surface area contributed by atoms with E-state index in [1.165, 1.54) is 130 Å². The zero-order valence-electron chi connectivity index (χ0n) is 34.8. The van der Waals surface area contributed by atoms with Gasteiger partial charge >= 0.3 is 0 Å². The summed E-state index contributed by atoms with van der Waals surface area (Å²) >= 11 is 1.88. The Bertz CT molecular complexity index is 4060. The molecule has 0 aliphatic heterocycles. The zero-order chi connectivity index (χ0) is 41.6. The first-order chi connectivity index (χ1) is 31.0. The molecule has 0 spiro atoms. The van der Waals surface area contributed by atoms with Crippen LogP contribution in [0.5, 0.6) is 0 Å². The first-order valence-electron chi connectivity index (χ1n) is 21.9. The van der Waals surface area contributed by atoms with E-state index in [9.17, 15) is 0 Å². The van der Waals surface area contributed by atoms with Crippen LogP contribution >= 0.6 is 11.3 Å². The number of benzene rings is 11. The smallest absolute Gasteiger partial charge is 0.145 e. The average molecular weight is 819 g/mol. The number of furan rings is 1. The lowest BCUT2D eigenvalue weighted by atomic mass is 9.81. The molecule has 0 unspecified atom stereocenters. The van der Waals surface area contributed by atoms with Crippen LogP contribution in [0, 0.1) is 0 Å². The van der Waals surface area contributed by atoms with Gasteiger partial charge in [0.25, 0.3) is 0 Å². The molecule has 1 nitrogen and oxygen atoms in total. The molecule has 11 aromatic carbocycles. The Kier molecular flexibility index (Phi) is 7.12. The molecule has 63 heavy (non-hydrogen) atoms. The molecule has 2 aromatic heterocycles. The van der Waals surface area contributed by atoms with Gasteiger partial charge in [-0.3, -0.25) is 0 Å². The molecule has 0 saturated heterocycles. The maximum Gasteiger partial charge on any atom is 0.145 e. The molecule has 1 aliphatic rings. The number of hydrogen-bond acceptors (Lipinski definition) is 2. The van der Waals surface area contributed by atoms with Crippen molar-refractivity contribution < 1.29 is 4.42 Å². The second-order valence-corrected chi connectivity index (χ2v) is 19.0. The molecule has 0 radical (unpaired) electrons. The van der Waals surface area contributed by atoms with Gasteiger partial charge in [0, 0.05) is 41.7 Å². The van der Waals surface area contributed by atoms with Gasteiger partial charge in [-0.2, -0.15) is 0 Å². The Balaban J connectivity index is 0.913. The van der Waals surface area contributed by atoms with E-state index in [-0.39, 0.29) is 5.41 Å². The summed E-state index contributed by atoms with van der Waals surface area (Å²) in [4.78, 5) is 0. The molecule has 14 rings (SSSR count). The molecule has 0 atom stereocenters. The fraction of sp³-hybridized carbons (Fsp3) is 0.0492. The topological polar surface area (TPSA) is 13.1 Å². The second kappa shape index (κ2) is 12.8. The van der Waals surface area contributed by atoms with Gasteiger partial charge in [-0.25, -0.2) is 0 Å². The van der Waals surface area contributed by atoms with Gasteiger partial charge in [0.1, 0.15) is 11.2 Å². The highest BCUT2D eigenvalue weighted by Crippen LogP contribution is 2.53. The molecule has 294 valence electrons. The van der Waals surface area contributed by atoms with Gasteiger partial charge in [-0.1, -0.05) is 178 Å². The van der Waals surface area contributed by atoms with Gasteiger partial charge < -0.3 is 4.42 Å². The minimum atomic E-state index is -0.156. The fourth-order valence-corrected chi connectivity index (χ4v) is 12.5. The summed E-state index contributed by atoms with van der Waals surface area (Å²) in [6.07, 6.45) is 0. The van der Waals surface area contributed by atoms with Crippen molar-refractivity contribution in [2.45, 2.75) is 19.3 Å². The monoisotopic (exact) mass is 818 g/mol. The highest BCUT2D eigenvalue weighted by molar-refractivity contribution is 7.27. The van der Waals surface area contributed by atoms with Crippen molar-refractivity contribution >= 4 is 96.5 Å². The van der Waals surface area contributed by atoms with Crippen LogP contribution in [0.15, 0.2) is 199 Å². The molecule has 0 amide bonds. The predicted octanol–water partition coefficient (Wildman–Crippen LogP) is 17.9. The molecule has 2 heteroatoms.